The van der Waals surface area contributed by atoms with E-state index in [1.54, 1.807) is 0 Å². The number of carbonyl (C=O) groups is 1. The standard InChI is InChI=1S/C29H40O3/c1-11-27(30)32-29-24(19(8)9)13-22(17(4)5)15-26(29)20(10)25-14-21(16(2)3)12-23(18(6)7)28(25)31/h11-20,31H,1H2,2-10H3. The van der Waals surface area contributed by atoms with Gasteiger partial charge >= 0.3 is 5.97 Å². The van der Waals surface area contributed by atoms with Crippen LogP contribution in [0.2, 0.25) is 0 Å². The molecule has 0 fully saturated rings. The maximum atomic E-state index is 12.3. The zero-order valence-electron chi connectivity index (χ0n) is 21.2. The Bertz CT molecular complexity index is 980. The molecule has 0 amide bonds. The molecule has 0 aromatic heterocycles. The Labute approximate surface area is 194 Å². The lowest BCUT2D eigenvalue weighted by molar-refractivity contribution is -0.129. The van der Waals surface area contributed by atoms with Crippen molar-refractivity contribution in [2.45, 2.75) is 91.9 Å². The van der Waals surface area contributed by atoms with Gasteiger partial charge in [-0.3, -0.25) is 0 Å². The van der Waals surface area contributed by atoms with Crippen molar-refractivity contribution in [3.05, 3.63) is 70.3 Å². The van der Waals surface area contributed by atoms with Crippen molar-refractivity contribution >= 4 is 5.97 Å². The number of phenolic OH excluding ortho intramolecular Hbond substituents is 1. The Morgan fingerprint density at radius 1 is 0.750 bits per heavy atom. The lowest BCUT2D eigenvalue weighted by atomic mass is 9.82. The molecule has 0 saturated carbocycles. The molecule has 32 heavy (non-hydrogen) atoms. The van der Waals surface area contributed by atoms with Gasteiger partial charge in [0.2, 0.25) is 0 Å². The summed E-state index contributed by atoms with van der Waals surface area (Å²) in [4.78, 5) is 12.3. The first-order chi connectivity index (χ1) is 14.9. The quantitative estimate of drug-likeness (QED) is 0.258. The third kappa shape index (κ3) is 5.43. The summed E-state index contributed by atoms with van der Waals surface area (Å²) in [7, 11) is 0. The molecular weight excluding hydrogens is 396 g/mol. The Morgan fingerprint density at radius 3 is 1.62 bits per heavy atom. The first-order valence-corrected chi connectivity index (χ1v) is 11.8. The topological polar surface area (TPSA) is 46.5 Å². The first kappa shape index (κ1) is 25.7. The van der Waals surface area contributed by atoms with Gasteiger partial charge in [0.05, 0.1) is 0 Å². The number of ether oxygens (including phenoxy) is 1. The van der Waals surface area contributed by atoms with Crippen molar-refractivity contribution in [3.8, 4) is 11.5 Å². The molecule has 1 atom stereocenters. The van der Waals surface area contributed by atoms with E-state index in [-0.39, 0.29) is 17.8 Å². The van der Waals surface area contributed by atoms with Crippen molar-refractivity contribution in [2.24, 2.45) is 0 Å². The third-order valence-corrected chi connectivity index (χ3v) is 6.24. The van der Waals surface area contributed by atoms with Crippen LogP contribution < -0.4 is 4.74 Å². The largest absolute Gasteiger partial charge is 0.507 e. The molecule has 0 aliphatic heterocycles. The Morgan fingerprint density at radius 2 is 1.19 bits per heavy atom. The smallest absolute Gasteiger partial charge is 0.335 e. The molecule has 3 heteroatoms. The molecule has 1 unspecified atom stereocenters. The number of benzene rings is 2. The maximum absolute atomic E-state index is 12.3. The summed E-state index contributed by atoms with van der Waals surface area (Å²) in [6.45, 7) is 22.7. The van der Waals surface area contributed by atoms with E-state index in [2.05, 4.69) is 93.2 Å². The van der Waals surface area contributed by atoms with Crippen LogP contribution in [-0.2, 0) is 4.79 Å². The van der Waals surface area contributed by atoms with Crippen molar-refractivity contribution in [1.82, 2.24) is 0 Å². The van der Waals surface area contributed by atoms with Gasteiger partial charge in [-0.1, -0.05) is 93.2 Å². The number of phenols is 1. The van der Waals surface area contributed by atoms with E-state index in [0.717, 1.165) is 22.3 Å². The lowest BCUT2D eigenvalue weighted by Gasteiger charge is -2.25. The second-order valence-corrected chi connectivity index (χ2v) is 10.0. The number of hydrogen-bond acceptors (Lipinski definition) is 3. The minimum Gasteiger partial charge on any atom is -0.507 e. The number of carbonyl (C=O) groups excluding carboxylic acids is 1. The number of rotatable bonds is 8. The van der Waals surface area contributed by atoms with Crippen LogP contribution in [0.15, 0.2) is 36.9 Å². The molecule has 2 aromatic carbocycles. The zero-order valence-corrected chi connectivity index (χ0v) is 21.2. The summed E-state index contributed by atoms with van der Waals surface area (Å²) in [5.74, 6) is 1.33. The molecule has 1 N–H and O–H groups in total. The van der Waals surface area contributed by atoms with Crippen LogP contribution in [0.1, 0.15) is 125 Å². The van der Waals surface area contributed by atoms with Crippen LogP contribution in [0.25, 0.3) is 0 Å². The van der Waals surface area contributed by atoms with Gasteiger partial charge < -0.3 is 9.84 Å². The SMILES string of the molecule is C=CC(=O)Oc1c(C(C)C)cc(C(C)C)cc1C(C)c1cc(C(C)C)cc(C(C)C)c1O. The van der Waals surface area contributed by atoms with E-state index < -0.39 is 5.97 Å². The second-order valence-electron chi connectivity index (χ2n) is 10.0. The second kappa shape index (κ2) is 10.4. The highest BCUT2D eigenvalue weighted by atomic mass is 16.5. The Hall–Kier alpha value is -2.55. The predicted octanol–water partition coefficient (Wildman–Crippen LogP) is 8.13. The molecule has 0 aliphatic rings. The summed E-state index contributed by atoms with van der Waals surface area (Å²) in [6.07, 6.45) is 1.20. The highest BCUT2D eigenvalue weighted by molar-refractivity contribution is 5.84. The van der Waals surface area contributed by atoms with Crippen LogP contribution >= 0.6 is 0 Å². The average molecular weight is 437 g/mol. The van der Waals surface area contributed by atoms with Crippen molar-refractivity contribution in [3.63, 3.8) is 0 Å². The summed E-state index contributed by atoms with van der Waals surface area (Å²) < 4.78 is 5.82. The van der Waals surface area contributed by atoms with Gasteiger partial charge in [0.25, 0.3) is 0 Å². The van der Waals surface area contributed by atoms with Gasteiger partial charge in [-0.05, 0) is 45.9 Å². The van der Waals surface area contributed by atoms with E-state index in [1.807, 2.05) is 0 Å². The molecule has 174 valence electrons. The van der Waals surface area contributed by atoms with Gasteiger partial charge in [0.1, 0.15) is 11.5 Å². The lowest BCUT2D eigenvalue weighted by Crippen LogP contribution is -2.12. The minimum atomic E-state index is -0.472. The van der Waals surface area contributed by atoms with Gasteiger partial charge in [0, 0.05) is 23.1 Å². The van der Waals surface area contributed by atoms with E-state index in [1.165, 1.54) is 17.2 Å². The van der Waals surface area contributed by atoms with Crippen molar-refractivity contribution < 1.29 is 14.6 Å². The predicted molar refractivity (Wildman–Crippen MR) is 134 cm³/mol. The average Bonchev–Trinajstić information content (AvgIpc) is 2.72. The highest BCUT2D eigenvalue weighted by Crippen LogP contribution is 2.44. The Balaban J connectivity index is 2.85. The van der Waals surface area contributed by atoms with Crippen LogP contribution in [0.5, 0.6) is 11.5 Å². The van der Waals surface area contributed by atoms with Crippen LogP contribution in [0.3, 0.4) is 0 Å². The summed E-state index contributed by atoms with van der Waals surface area (Å²) in [5.41, 5.74) is 6.12. The Kier molecular flexibility index (Phi) is 8.34. The fraction of sp³-hybridized carbons (Fsp3) is 0.483. The van der Waals surface area contributed by atoms with Crippen molar-refractivity contribution in [1.29, 1.82) is 0 Å². The molecular formula is C29H40O3. The summed E-state index contributed by atoms with van der Waals surface area (Å²) in [5, 5.41) is 11.2. The van der Waals surface area contributed by atoms with Crippen LogP contribution in [0.4, 0.5) is 0 Å². The van der Waals surface area contributed by atoms with Crippen LogP contribution in [0, 0.1) is 0 Å². The van der Waals surface area contributed by atoms with Gasteiger partial charge in [0.15, 0.2) is 0 Å². The fourth-order valence-electron chi connectivity index (χ4n) is 4.02. The monoisotopic (exact) mass is 436 g/mol. The molecule has 0 heterocycles. The van der Waals surface area contributed by atoms with Gasteiger partial charge in [-0.2, -0.15) is 0 Å². The molecule has 0 saturated heterocycles. The van der Waals surface area contributed by atoms with Gasteiger partial charge in [-0.25, -0.2) is 4.79 Å². The number of esters is 1. The van der Waals surface area contributed by atoms with Crippen molar-refractivity contribution in [2.75, 3.05) is 0 Å². The van der Waals surface area contributed by atoms with E-state index in [0.29, 0.717) is 23.3 Å². The summed E-state index contributed by atoms with van der Waals surface area (Å²) >= 11 is 0. The number of aromatic hydroxyl groups is 1. The zero-order chi connectivity index (χ0) is 24.3. The van der Waals surface area contributed by atoms with Gasteiger partial charge in [-0.15, -0.1) is 0 Å². The molecule has 0 bridgehead atoms. The normalized spacial score (nSPS) is 12.7. The van der Waals surface area contributed by atoms with Crippen LogP contribution in [-0.4, -0.2) is 11.1 Å². The fourth-order valence-corrected chi connectivity index (χ4v) is 4.02. The minimum absolute atomic E-state index is 0.157. The molecule has 2 rings (SSSR count). The van der Waals surface area contributed by atoms with E-state index in [9.17, 15) is 9.90 Å². The molecule has 0 spiro atoms. The maximum Gasteiger partial charge on any atom is 0.335 e. The molecule has 2 aromatic rings. The van der Waals surface area contributed by atoms with E-state index >= 15 is 0 Å². The molecule has 0 radical (unpaired) electrons. The number of hydrogen-bond donors (Lipinski definition) is 1. The first-order valence-electron chi connectivity index (χ1n) is 11.8. The highest BCUT2D eigenvalue weighted by Gasteiger charge is 2.26. The summed E-state index contributed by atoms with van der Waals surface area (Å²) in [6, 6.07) is 8.49. The van der Waals surface area contributed by atoms with E-state index in [4.69, 9.17) is 4.74 Å². The third-order valence-electron chi connectivity index (χ3n) is 6.24. The molecule has 3 nitrogen and oxygen atoms in total. The molecule has 0 aliphatic carbocycles.